The molecule has 1 aliphatic rings. The molecule has 0 radical (unpaired) electrons. The highest BCUT2D eigenvalue weighted by atomic mass is 19.1. The first kappa shape index (κ1) is 10.1. The quantitative estimate of drug-likeness (QED) is 0.559. The highest BCUT2D eigenvalue weighted by Gasteiger charge is 2.42. The van der Waals surface area contributed by atoms with Crippen LogP contribution in [0, 0.1) is 5.92 Å². The first-order valence-electron chi connectivity index (χ1n) is 5.02. The van der Waals surface area contributed by atoms with E-state index in [2.05, 4.69) is 21.7 Å². The zero-order valence-electron chi connectivity index (χ0n) is 8.78. The predicted octanol–water partition coefficient (Wildman–Crippen LogP) is 2.74. The lowest BCUT2D eigenvalue weighted by molar-refractivity contribution is 0.191. The molecule has 0 saturated heterocycles. The Morgan fingerprint density at radius 3 is 2.33 bits per heavy atom. The van der Waals surface area contributed by atoms with Gasteiger partial charge in [-0.3, -0.25) is 0 Å². The first-order chi connectivity index (χ1) is 5.33. The van der Waals surface area contributed by atoms with Gasteiger partial charge in [-0.25, -0.2) is 4.39 Å². The molecule has 1 aliphatic carbocycles. The summed E-state index contributed by atoms with van der Waals surface area (Å²) in [6.45, 7) is 6.19. The molecule has 0 aromatic heterocycles. The Bertz CT molecular complexity index is 165. The SMILES string of the molecule is BC1(CC(C)C)CCC(C)(F)C1. The molecule has 0 bridgehead atoms. The summed E-state index contributed by atoms with van der Waals surface area (Å²) in [7, 11) is 2.23. The molecule has 2 atom stereocenters. The van der Waals surface area contributed by atoms with Crippen molar-refractivity contribution in [1.82, 2.24) is 0 Å². The average molecular weight is 170 g/mol. The van der Waals surface area contributed by atoms with Gasteiger partial charge in [-0.15, -0.1) is 0 Å². The lowest BCUT2D eigenvalue weighted by atomic mass is 9.63. The second-order valence-electron chi connectivity index (χ2n) is 5.50. The van der Waals surface area contributed by atoms with Gasteiger partial charge in [0.1, 0.15) is 13.5 Å². The molecule has 0 aromatic carbocycles. The fraction of sp³-hybridized carbons (Fsp3) is 1.00. The van der Waals surface area contributed by atoms with Gasteiger partial charge in [0.15, 0.2) is 0 Å². The molecule has 0 nitrogen and oxygen atoms in total. The minimum atomic E-state index is -0.885. The molecule has 0 heterocycles. The van der Waals surface area contributed by atoms with E-state index in [1.807, 2.05) is 0 Å². The summed E-state index contributed by atoms with van der Waals surface area (Å²) >= 11 is 0. The van der Waals surface area contributed by atoms with E-state index in [0.29, 0.717) is 5.92 Å². The van der Waals surface area contributed by atoms with Crippen molar-refractivity contribution in [2.24, 2.45) is 5.92 Å². The van der Waals surface area contributed by atoms with Gasteiger partial charge in [-0.05, 0) is 25.7 Å². The maximum Gasteiger partial charge on any atom is 0.109 e. The highest BCUT2D eigenvalue weighted by Crippen LogP contribution is 2.52. The van der Waals surface area contributed by atoms with Crippen LogP contribution >= 0.6 is 0 Å². The van der Waals surface area contributed by atoms with Crippen LogP contribution in [0.3, 0.4) is 0 Å². The lowest BCUT2D eigenvalue weighted by Crippen LogP contribution is -2.17. The van der Waals surface area contributed by atoms with Crippen LogP contribution in [0.15, 0.2) is 0 Å². The molecule has 2 unspecified atom stereocenters. The largest absolute Gasteiger partial charge is 0.244 e. The van der Waals surface area contributed by atoms with Crippen LogP contribution in [0.1, 0.15) is 46.5 Å². The van der Waals surface area contributed by atoms with Crippen molar-refractivity contribution in [3.05, 3.63) is 0 Å². The van der Waals surface area contributed by atoms with Gasteiger partial charge in [0.05, 0.1) is 0 Å². The summed E-state index contributed by atoms with van der Waals surface area (Å²) in [6, 6.07) is 0. The zero-order valence-corrected chi connectivity index (χ0v) is 8.78. The van der Waals surface area contributed by atoms with Crippen molar-refractivity contribution in [1.29, 1.82) is 0 Å². The van der Waals surface area contributed by atoms with E-state index in [1.54, 1.807) is 6.92 Å². The topological polar surface area (TPSA) is 0 Å². The Hall–Kier alpha value is -0.00506. The fourth-order valence-corrected chi connectivity index (χ4v) is 2.79. The summed E-state index contributed by atoms with van der Waals surface area (Å²) in [4.78, 5) is 0. The smallest absolute Gasteiger partial charge is 0.109 e. The van der Waals surface area contributed by atoms with Crippen LogP contribution in [0.25, 0.3) is 0 Å². The zero-order chi connectivity index (χ0) is 9.41. The van der Waals surface area contributed by atoms with Crippen LogP contribution in [0.2, 0.25) is 5.31 Å². The van der Waals surface area contributed by atoms with E-state index in [4.69, 9.17) is 0 Å². The van der Waals surface area contributed by atoms with Crippen molar-refractivity contribution in [3.8, 4) is 0 Å². The van der Waals surface area contributed by atoms with Gasteiger partial charge in [0.2, 0.25) is 0 Å². The molecule has 12 heavy (non-hydrogen) atoms. The molecule has 0 spiro atoms. The number of rotatable bonds is 2. The first-order valence-corrected chi connectivity index (χ1v) is 5.02. The molecule has 70 valence electrons. The van der Waals surface area contributed by atoms with Crippen LogP contribution < -0.4 is 0 Å². The van der Waals surface area contributed by atoms with Crippen LogP contribution in [-0.2, 0) is 0 Å². The number of alkyl halides is 1. The average Bonchev–Trinajstić information content (AvgIpc) is 2.03. The van der Waals surface area contributed by atoms with Crippen molar-refractivity contribution < 1.29 is 4.39 Å². The van der Waals surface area contributed by atoms with Gasteiger partial charge >= 0.3 is 0 Å². The fourth-order valence-electron chi connectivity index (χ4n) is 2.79. The summed E-state index contributed by atoms with van der Waals surface area (Å²) in [5.74, 6) is 0.698. The van der Waals surface area contributed by atoms with Crippen molar-refractivity contribution >= 4 is 7.85 Å². The second kappa shape index (κ2) is 3.04. The summed E-state index contributed by atoms with van der Waals surface area (Å²) < 4.78 is 13.6. The standard InChI is InChI=1S/C10H20BF/c1-8(2)6-10(11)5-4-9(3,12)7-10/h8H,4-7,11H2,1-3H3. The number of hydrogen-bond acceptors (Lipinski definition) is 0. The Morgan fingerprint density at radius 2 is 2.00 bits per heavy atom. The molecule has 0 aliphatic heterocycles. The van der Waals surface area contributed by atoms with E-state index in [1.165, 1.54) is 6.42 Å². The van der Waals surface area contributed by atoms with E-state index in [-0.39, 0.29) is 5.31 Å². The molecule has 1 rings (SSSR count). The Kier molecular flexibility index (Phi) is 2.56. The van der Waals surface area contributed by atoms with Crippen molar-refractivity contribution in [2.75, 3.05) is 0 Å². The molecule has 0 aromatic rings. The molecular formula is C10H20BF. The highest BCUT2D eigenvalue weighted by molar-refractivity contribution is 6.15. The minimum absolute atomic E-state index is 0.275. The third-order valence-corrected chi connectivity index (χ3v) is 2.95. The molecule has 2 heteroatoms. The monoisotopic (exact) mass is 170 g/mol. The number of halogens is 1. The molecular weight excluding hydrogens is 150 g/mol. The lowest BCUT2D eigenvalue weighted by Gasteiger charge is -2.26. The molecule has 1 fully saturated rings. The summed E-state index contributed by atoms with van der Waals surface area (Å²) in [5.41, 5.74) is -0.885. The van der Waals surface area contributed by atoms with Crippen LogP contribution in [0.4, 0.5) is 4.39 Å². The Morgan fingerprint density at radius 1 is 1.42 bits per heavy atom. The molecule has 0 amide bonds. The van der Waals surface area contributed by atoms with Gasteiger partial charge < -0.3 is 0 Å². The van der Waals surface area contributed by atoms with E-state index < -0.39 is 5.67 Å². The Balaban J connectivity index is 2.53. The van der Waals surface area contributed by atoms with Gasteiger partial charge in [0.25, 0.3) is 0 Å². The van der Waals surface area contributed by atoms with Gasteiger partial charge in [-0.1, -0.05) is 32.0 Å². The maximum atomic E-state index is 13.6. The third-order valence-electron chi connectivity index (χ3n) is 2.95. The Labute approximate surface area is 76.3 Å². The van der Waals surface area contributed by atoms with Crippen LogP contribution in [0.5, 0.6) is 0 Å². The predicted molar refractivity (Wildman–Crippen MR) is 54.1 cm³/mol. The normalized spacial score (nSPS) is 42.4. The van der Waals surface area contributed by atoms with Crippen LogP contribution in [-0.4, -0.2) is 13.5 Å². The van der Waals surface area contributed by atoms with Crippen molar-refractivity contribution in [2.45, 2.75) is 57.4 Å². The molecule has 1 saturated carbocycles. The summed E-state index contributed by atoms with van der Waals surface area (Å²) in [6.07, 6.45) is 3.76. The van der Waals surface area contributed by atoms with E-state index >= 15 is 0 Å². The number of hydrogen-bond donors (Lipinski definition) is 0. The minimum Gasteiger partial charge on any atom is -0.244 e. The summed E-state index contributed by atoms with van der Waals surface area (Å²) in [5, 5.41) is 0.275. The van der Waals surface area contributed by atoms with Crippen molar-refractivity contribution in [3.63, 3.8) is 0 Å². The second-order valence-corrected chi connectivity index (χ2v) is 5.50. The third kappa shape index (κ3) is 2.50. The van der Waals surface area contributed by atoms with E-state index in [9.17, 15) is 4.39 Å². The van der Waals surface area contributed by atoms with Gasteiger partial charge in [-0.2, -0.15) is 0 Å². The van der Waals surface area contributed by atoms with E-state index in [0.717, 1.165) is 19.3 Å². The maximum absolute atomic E-state index is 13.6. The van der Waals surface area contributed by atoms with Gasteiger partial charge in [0, 0.05) is 0 Å². The molecule has 0 N–H and O–H groups in total.